The molecule has 0 spiro atoms. The molecule has 0 amide bonds. The van der Waals surface area contributed by atoms with E-state index in [-0.39, 0.29) is 18.2 Å². The number of hydrogen-bond acceptors (Lipinski definition) is 3. The second kappa shape index (κ2) is 4.00. The first-order valence-corrected chi connectivity index (χ1v) is 5.88. The van der Waals surface area contributed by atoms with Crippen LogP contribution in [0.3, 0.4) is 0 Å². The van der Waals surface area contributed by atoms with E-state index in [0.29, 0.717) is 6.61 Å². The van der Waals surface area contributed by atoms with Gasteiger partial charge >= 0.3 is 5.97 Å². The summed E-state index contributed by atoms with van der Waals surface area (Å²) in [4.78, 5) is 12.0. The smallest absolute Gasteiger partial charge is 0.339 e. The number of carbonyl (C=O) groups excluding carboxylic acids is 1. The molecule has 0 saturated carbocycles. The van der Waals surface area contributed by atoms with Crippen molar-refractivity contribution in [3.8, 4) is 0 Å². The van der Waals surface area contributed by atoms with Gasteiger partial charge in [-0.2, -0.15) is 0 Å². The molecule has 88 valence electrons. The molecule has 0 aliphatic carbocycles. The molecule has 1 saturated heterocycles. The molecule has 1 aromatic carbocycles. The Kier molecular flexibility index (Phi) is 2.48. The Morgan fingerprint density at radius 1 is 1.24 bits per heavy atom. The van der Waals surface area contributed by atoms with Crippen LogP contribution in [-0.4, -0.2) is 24.8 Å². The van der Waals surface area contributed by atoms with Gasteiger partial charge in [-0.3, -0.25) is 0 Å². The van der Waals surface area contributed by atoms with Crippen LogP contribution in [0.25, 0.3) is 5.57 Å². The molecule has 2 atom stereocenters. The first-order valence-electron chi connectivity index (χ1n) is 5.88. The summed E-state index contributed by atoms with van der Waals surface area (Å²) in [5.74, 6) is -0.214. The number of esters is 1. The first kappa shape index (κ1) is 10.5. The van der Waals surface area contributed by atoms with Crippen molar-refractivity contribution < 1.29 is 14.3 Å². The minimum atomic E-state index is -0.214. The van der Waals surface area contributed by atoms with E-state index < -0.39 is 0 Å². The number of ether oxygens (including phenoxy) is 2. The van der Waals surface area contributed by atoms with Gasteiger partial charge in [0.05, 0.1) is 18.3 Å². The van der Waals surface area contributed by atoms with E-state index in [1.165, 1.54) is 0 Å². The zero-order valence-electron chi connectivity index (χ0n) is 9.68. The van der Waals surface area contributed by atoms with Crippen LogP contribution in [0, 0.1) is 0 Å². The van der Waals surface area contributed by atoms with Gasteiger partial charge in [-0.25, -0.2) is 4.79 Å². The average Bonchev–Trinajstić information content (AvgIpc) is 2.68. The molecule has 17 heavy (non-hydrogen) atoms. The molecule has 1 fully saturated rings. The van der Waals surface area contributed by atoms with Crippen LogP contribution in [0.2, 0.25) is 0 Å². The maximum absolute atomic E-state index is 12.0. The summed E-state index contributed by atoms with van der Waals surface area (Å²) in [6.07, 6.45) is 0.556. The molecule has 1 aromatic rings. The van der Waals surface area contributed by atoms with Gasteiger partial charge in [0.2, 0.25) is 0 Å². The van der Waals surface area contributed by atoms with E-state index in [9.17, 15) is 4.79 Å². The normalized spacial score (nSPS) is 27.9. The molecule has 0 aromatic heterocycles. The molecule has 0 radical (unpaired) electrons. The number of fused-ring (bicyclic) bond motifs is 1. The molecule has 0 unspecified atom stereocenters. The minimum Gasteiger partial charge on any atom is -0.451 e. The van der Waals surface area contributed by atoms with E-state index in [1.807, 2.05) is 37.3 Å². The van der Waals surface area contributed by atoms with Crippen LogP contribution in [0.1, 0.15) is 18.9 Å². The van der Waals surface area contributed by atoms with Gasteiger partial charge in [0.1, 0.15) is 0 Å². The standard InChI is InChI=1S/C14H14O3/c1-9-13-11(7-8-16-9)12(14(15)17-13)10-5-3-2-4-6-10/h2-6,9,13H,7-8H2,1H3/t9-,13-/m0/s1. The summed E-state index contributed by atoms with van der Waals surface area (Å²) in [6.45, 7) is 2.62. The predicted octanol–water partition coefficient (Wildman–Crippen LogP) is 2.17. The summed E-state index contributed by atoms with van der Waals surface area (Å²) < 4.78 is 10.9. The number of hydrogen-bond donors (Lipinski definition) is 0. The van der Waals surface area contributed by atoms with Crippen molar-refractivity contribution >= 4 is 11.5 Å². The van der Waals surface area contributed by atoms with E-state index in [1.54, 1.807) is 0 Å². The molecular weight excluding hydrogens is 216 g/mol. The Bertz CT molecular complexity index is 476. The Labute approximate surface area is 100 Å². The SMILES string of the molecule is C[C@@H]1OCCC2=C(c3ccccc3)C(=O)O[C@H]21. The molecule has 3 nitrogen and oxygen atoms in total. The molecule has 2 heterocycles. The Hall–Kier alpha value is -1.61. The fourth-order valence-electron chi connectivity index (χ4n) is 2.52. The van der Waals surface area contributed by atoms with Crippen LogP contribution in [0.15, 0.2) is 35.9 Å². The summed E-state index contributed by atoms with van der Waals surface area (Å²) in [7, 11) is 0. The van der Waals surface area contributed by atoms with Crippen LogP contribution < -0.4 is 0 Å². The lowest BCUT2D eigenvalue weighted by molar-refractivity contribution is -0.145. The van der Waals surface area contributed by atoms with Gasteiger partial charge in [0.15, 0.2) is 6.10 Å². The van der Waals surface area contributed by atoms with E-state index in [4.69, 9.17) is 9.47 Å². The Balaban J connectivity index is 2.07. The molecule has 0 bridgehead atoms. The largest absolute Gasteiger partial charge is 0.451 e. The second-order valence-corrected chi connectivity index (χ2v) is 4.42. The number of benzene rings is 1. The number of carbonyl (C=O) groups is 1. The highest BCUT2D eigenvalue weighted by molar-refractivity contribution is 6.19. The van der Waals surface area contributed by atoms with Crippen molar-refractivity contribution in [1.82, 2.24) is 0 Å². The van der Waals surface area contributed by atoms with E-state index in [2.05, 4.69) is 0 Å². The summed E-state index contributed by atoms with van der Waals surface area (Å²) >= 11 is 0. The maximum Gasteiger partial charge on any atom is 0.339 e. The molecule has 2 aliphatic rings. The maximum atomic E-state index is 12.0. The van der Waals surface area contributed by atoms with Gasteiger partial charge in [0, 0.05) is 0 Å². The molecular formula is C14H14O3. The van der Waals surface area contributed by atoms with Gasteiger partial charge in [-0.05, 0) is 24.5 Å². The van der Waals surface area contributed by atoms with Crippen molar-refractivity contribution in [3.63, 3.8) is 0 Å². The molecule has 0 N–H and O–H groups in total. The van der Waals surface area contributed by atoms with Crippen molar-refractivity contribution in [3.05, 3.63) is 41.5 Å². The fourth-order valence-corrected chi connectivity index (χ4v) is 2.52. The van der Waals surface area contributed by atoms with Crippen LogP contribution in [0.5, 0.6) is 0 Å². The molecule has 2 aliphatic heterocycles. The average molecular weight is 230 g/mol. The summed E-state index contributed by atoms with van der Waals surface area (Å²) in [5, 5.41) is 0. The summed E-state index contributed by atoms with van der Waals surface area (Å²) in [6, 6.07) is 9.72. The molecule has 3 rings (SSSR count). The number of rotatable bonds is 1. The van der Waals surface area contributed by atoms with Crippen LogP contribution in [0.4, 0.5) is 0 Å². The second-order valence-electron chi connectivity index (χ2n) is 4.42. The lowest BCUT2D eigenvalue weighted by Gasteiger charge is -2.26. The zero-order chi connectivity index (χ0) is 11.8. The fraction of sp³-hybridized carbons (Fsp3) is 0.357. The first-order chi connectivity index (χ1) is 8.27. The lowest BCUT2D eigenvalue weighted by atomic mass is 9.93. The van der Waals surface area contributed by atoms with Gasteiger partial charge < -0.3 is 9.47 Å². The highest BCUT2D eigenvalue weighted by Gasteiger charge is 2.40. The van der Waals surface area contributed by atoms with Crippen molar-refractivity contribution in [2.45, 2.75) is 25.6 Å². The Morgan fingerprint density at radius 3 is 2.76 bits per heavy atom. The van der Waals surface area contributed by atoms with Crippen molar-refractivity contribution in [2.75, 3.05) is 6.61 Å². The third kappa shape index (κ3) is 1.67. The quantitative estimate of drug-likeness (QED) is 0.694. The zero-order valence-corrected chi connectivity index (χ0v) is 9.68. The highest BCUT2D eigenvalue weighted by Crippen LogP contribution is 2.37. The lowest BCUT2D eigenvalue weighted by Crippen LogP contribution is -2.33. The van der Waals surface area contributed by atoms with Crippen molar-refractivity contribution in [1.29, 1.82) is 0 Å². The van der Waals surface area contributed by atoms with E-state index >= 15 is 0 Å². The summed E-state index contributed by atoms with van der Waals surface area (Å²) in [5.41, 5.74) is 2.79. The van der Waals surface area contributed by atoms with Gasteiger partial charge in [-0.15, -0.1) is 0 Å². The third-order valence-electron chi connectivity index (χ3n) is 3.34. The topological polar surface area (TPSA) is 35.5 Å². The van der Waals surface area contributed by atoms with Gasteiger partial charge in [0.25, 0.3) is 0 Å². The minimum absolute atomic E-state index is 0.0380. The van der Waals surface area contributed by atoms with Gasteiger partial charge in [-0.1, -0.05) is 30.3 Å². The highest BCUT2D eigenvalue weighted by atomic mass is 16.6. The van der Waals surface area contributed by atoms with Crippen LogP contribution in [-0.2, 0) is 14.3 Å². The van der Waals surface area contributed by atoms with Crippen LogP contribution >= 0.6 is 0 Å². The Morgan fingerprint density at radius 2 is 2.00 bits per heavy atom. The third-order valence-corrected chi connectivity index (χ3v) is 3.34. The van der Waals surface area contributed by atoms with Crippen molar-refractivity contribution in [2.24, 2.45) is 0 Å². The van der Waals surface area contributed by atoms with E-state index in [0.717, 1.165) is 23.1 Å². The molecule has 3 heteroatoms. The monoisotopic (exact) mass is 230 g/mol. The predicted molar refractivity (Wildman–Crippen MR) is 63.3 cm³/mol.